The van der Waals surface area contributed by atoms with Crippen LogP contribution < -0.4 is 0 Å². The molecule has 178 valence electrons. The fourth-order valence-electron chi connectivity index (χ4n) is 4.72. The van der Waals surface area contributed by atoms with Crippen molar-refractivity contribution >= 4 is 35.1 Å². The number of ketones is 1. The molecule has 3 aromatic rings. The van der Waals surface area contributed by atoms with E-state index in [0.29, 0.717) is 41.5 Å². The molecule has 0 bridgehead atoms. The van der Waals surface area contributed by atoms with Crippen molar-refractivity contribution in [1.82, 2.24) is 19.7 Å². The minimum atomic E-state index is -1.02. The Balaban J connectivity index is 1.53. The second-order valence-electron chi connectivity index (χ2n) is 8.52. The molecule has 1 unspecified atom stereocenters. The van der Waals surface area contributed by atoms with E-state index in [1.165, 1.54) is 11.8 Å². The summed E-state index contributed by atoms with van der Waals surface area (Å²) in [4.78, 5) is 28.3. The van der Waals surface area contributed by atoms with Crippen molar-refractivity contribution in [2.75, 3.05) is 12.8 Å². The first-order valence-corrected chi connectivity index (χ1v) is 13.0. The number of carbonyl (C=O) groups is 2. The molecule has 4 rings (SSSR count). The number of amides is 1. The topological polar surface area (TPSA) is 68.1 Å². The molecule has 1 aliphatic rings. The summed E-state index contributed by atoms with van der Waals surface area (Å²) in [5, 5.41) is 9.94. The zero-order valence-electron chi connectivity index (χ0n) is 19.5. The lowest BCUT2D eigenvalue weighted by molar-refractivity contribution is -0.146. The first-order chi connectivity index (χ1) is 16.5. The molecule has 2 aromatic carbocycles. The number of aromatic nitrogens is 3. The summed E-state index contributed by atoms with van der Waals surface area (Å²) >= 11 is 7.88. The average molecular weight is 497 g/mol. The summed E-state index contributed by atoms with van der Waals surface area (Å²) in [7, 11) is 1.72. The Bertz CT molecular complexity index is 1170. The van der Waals surface area contributed by atoms with Crippen LogP contribution >= 0.6 is 23.4 Å². The predicted molar refractivity (Wildman–Crippen MR) is 135 cm³/mol. The van der Waals surface area contributed by atoms with Crippen LogP contribution in [0.1, 0.15) is 49.6 Å². The van der Waals surface area contributed by atoms with Gasteiger partial charge in [0, 0.05) is 37.0 Å². The maximum absolute atomic E-state index is 13.4. The molecule has 1 aliphatic carbocycles. The second kappa shape index (κ2) is 10.7. The van der Waals surface area contributed by atoms with Gasteiger partial charge in [0.25, 0.3) is 0 Å². The number of halogens is 1. The number of hydrogen-bond donors (Lipinski definition) is 0. The van der Waals surface area contributed by atoms with Crippen LogP contribution in [0.2, 0.25) is 5.02 Å². The van der Waals surface area contributed by atoms with Crippen molar-refractivity contribution in [3.63, 3.8) is 0 Å². The highest BCUT2D eigenvalue weighted by Crippen LogP contribution is 2.42. The number of thioether (sulfide) groups is 1. The van der Waals surface area contributed by atoms with Crippen LogP contribution in [0.5, 0.6) is 0 Å². The van der Waals surface area contributed by atoms with Crippen LogP contribution in [0.25, 0.3) is 0 Å². The van der Waals surface area contributed by atoms with Crippen molar-refractivity contribution in [2.24, 2.45) is 0 Å². The number of Topliss-reactive ketones (excluding diaryl/α,β-unsaturated/α-hetero) is 1. The van der Waals surface area contributed by atoms with E-state index in [4.69, 9.17) is 11.6 Å². The summed E-state index contributed by atoms with van der Waals surface area (Å²) in [5.41, 5.74) is 0.851. The molecule has 1 heterocycles. The van der Waals surface area contributed by atoms with E-state index in [-0.39, 0.29) is 17.4 Å². The molecule has 1 fully saturated rings. The van der Waals surface area contributed by atoms with Crippen molar-refractivity contribution in [3.05, 3.63) is 76.6 Å². The van der Waals surface area contributed by atoms with Gasteiger partial charge in [-0.15, -0.1) is 10.2 Å². The Morgan fingerprint density at radius 2 is 1.85 bits per heavy atom. The Hall–Kier alpha value is -2.64. The zero-order chi connectivity index (χ0) is 24.1. The first kappa shape index (κ1) is 24.5. The molecular formula is C26H29ClN4O2S. The standard InChI is InChI=1S/C26H29ClN4O2S/c1-3-31-23(17-19-11-5-4-6-12-19)28-29-25(31)34-18-24(33)30(2)26(16-10-9-15-22(26)32)20-13-7-8-14-21(20)27/h4-8,11-14H,3,9-10,15-18H2,1-2H3. The van der Waals surface area contributed by atoms with Gasteiger partial charge in [-0.05, 0) is 37.8 Å². The molecule has 8 heteroatoms. The Morgan fingerprint density at radius 3 is 2.56 bits per heavy atom. The van der Waals surface area contributed by atoms with Gasteiger partial charge < -0.3 is 9.47 Å². The number of likely N-dealkylation sites (N-methyl/N-ethyl adjacent to an activating group) is 1. The number of nitrogens with zero attached hydrogens (tertiary/aromatic N) is 4. The van der Waals surface area contributed by atoms with Gasteiger partial charge in [0.2, 0.25) is 5.91 Å². The SMILES string of the molecule is CCn1c(Cc2ccccc2)nnc1SCC(=O)N(C)C1(c2ccccc2Cl)CCCCC1=O. The predicted octanol–water partition coefficient (Wildman–Crippen LogP) is 5.13. The van der Waals surface area contributed by atoms with Crippen LogP contribution in [-0.2, 0) is 28.1 Å². The van der Waals surface area contributed by atoms with Crippen molar-refractivity contribution in [3.8, 4) is 0 Å². The number of benzene rings is 2. The molecule has 0 radical (unpaired) electrons. The lowest BCUT2D eigenvalue weighted by Gasteiger charge is -2.44. The minimum absolute atomic E-state index is 0.0505. The smallest absolute Gasteiger partial charge is 0.233 e. The summed E-state index contributed by atoms with van der Waals surface area (Å²) in [6, 6.07) is 17.5. The molecule has 1 saturated carbocycles. The quantitative estimate of drug-likeness (QED) is 0.404. The second-order valence-corrected chi connectivity index (χ2v) is 9.87. The van der Waals surface area contributed by atoms with E-state index in [9.17, 15) is 9.59 Å². The average Bonchev–Trinajstić information content (AvgIpc) is 3.24. The Kier molecular flexibility index (Phi) is 7.73. The molecule has 6 nitrogen and oxygen atoms in total. The molecular weight excluding hydrogens is 468 g/mol. The highest BCUT2D eigenvalue weighted by Gasteiger charge is 2.47. The van der Waals surface area contributed by atoms with Gasteiger partial charge >= 0.3 is 0 Å². The van der Waals surface area contributed by atoms with Gasteiger partial charge in [-0.2, -0.15) is 0 Å². The summed E-state index contributed by atoms with van der Waals surface area (Å²) in [6.45, 7) is 2.76. The Morgan fingerprint density at radius 1 is 1.12 bits per heavy atom. The van der Waals surface area contributed by atoms with E-state index in [1.54, 1.807) is 18.0 Å². The van der Waals surface area contributed by atoms with E-state index in [1.807, 2.05) is 47.9 Å². The number of carbonyl (C=O) groups excluding carboxylic acids is 2. The first-order valence-electron chi connectivity index (χ1n) is 11.6. The molecule has 34 heavy (non-hydrogen) atoms. The monoisotopic (exact) mass is 496 g/mol. The molecule has 0 N–H and O–H groups in total. The molecule has 1 amide bonds. The summed E-state index contributed by atoms with van der Waals surface area (Å²) < 4.78 is 2.04. The number of rotatable bonds is 8. The zero-order valence-corrected chi connectivity index (χ0v) is 21.1. The van der Waals surface area contributed by atoms with E-state index in [0.717, 1.165) is 24.2 Å². The summed E-state index contributed by atoms with van der Waals surface area (Å²) in [6.07, 6.45) is 3.42. The molecule has 1 atom stereocenters. The lowest BCUT2D eigenvalue weighted by atomic mass is 9.74. The Labute approximate surface area is 209 Å². The third-order valence-corrected chi connectivity index (χ3v) is 7.84. The van der Waals surface area contributed by atoms with Crippen LogP contribution in [-0.4, -0.2) is 44.2 Å². The molecule has 0 aliphatic heterocycles. The molecule has 0 saturated heterocycles. The minimum Gasteiger partial charge on any atom is -0.328 e. The normalized spacial score (nSPS) is 18.1. The van der Waals surface area contributed by atoms with Gasteiger partial charge in [-0.1, -0.05) is 71.9 Å². The van der Waals surface area contributed by atoms with Crippen LogP contribution in [0.15, 0.2) is 59.8 Å². The van der Waals surface area contributed by atoms with Gasteiger partial charge in [0.05, 0.1) is 5.75 Å². The van der Waals surface area contributed by atoms with Gasteiger partial charge in [-0.3, -0.25) is 9.59 Å². The van der Waals surface area contributed by atoms with Crippen LogP contribution in [0.4, 0.5) is 0 Å². The fraction of sp³-hybridized carbons (Fsp3) is 0.385. The highest BCUT2D eigenvalue weighted by atomic mass is 35.5. The van der Waals surface area contributed by atoms with Crippen LogP contribution in [0.3, 0.4) is 0 Å². The van der Waals surface area contributed by atoms with Crippen molar-refractivity contribution in [1.29, 1.82) is 0 Å². The largest absolute Gasteiger partial charge is 0.328 e. The van der Waals surface area contributed by atoms with Gasteiger partial charge in [-0.25, -0.2) is 0 Å². The van der Waals surface area contributed by atoms with Gasteiger partial charge in [0.1, 0.15) is 11.4 Å². The van der Waals surface area contributed by atoms with E-state index >= 15 is 0 Å². The summed E-state index contributed by atoms with van der Waals surface area (Å²) in [5.74, 6) is 0.955. The van der Waals surface area contributed by atoms with Gasteiger partial charge in [0.15, 0.2) is 10.9 Å². The van der Waals surface area contributed by atoms with Crippen molar-refractivity contribution < 1.29 is 9.59 Å². The van der Waals surface area contributed by atoms with Crippen molar-refractivity contribution in [2.45, 2.75) is 56.3 Å². The maximum atomic E-state index is 13.4. The van der Waals surface area contributed by atoms with E-state index in [2.05, 4.69) is 22.3 Å². The lowest BCUT2D eigenvalue weighted by Crippen LogP contribution is -2.54. The highest BCUT2D eigenvalue weighted by molar-refractivity contribution is 7.99. The maximum Gasteiger partial charge on any atom is 0.233 e. The fourth-order valence-corrected chi connectivity index (χ4v) is 5.95. The number of hydrogen-bond acceptors (Lipinski definition) is 5. The third kappa shape index (κ3) is 4.77. The molecule has 0 spiro atoms. The third-order valence-electron chi connectivity index (χ3n) is 6.56. The molecule has 1 aromatic heterocycles. The van der Waals surface area contributed by atoms with Crippen LogP contribution in [0, 0.1) is 0 Å². The van der Waals surface area contributed by atoms with E-state index < -0.39 is 5.54 Å².